The minimum Gasteiger partial charge on any atom is -0.484 e. The predicted octanol–water partition coefficient (Wildman–Crippen LogP) is 4.16. The van der Waals surface area contributed by atoms with Crippen LogP contribution in [0.15, 0.2) is 47.5 Å². The lowest BCUT2D eigenvalue weighted by Crippen LogP contribution is -2.21. The molecule has 0 aliphatic carbocycles. The molecule has 0 unspecified atom stereocenters. The Morgan fingerprint density at radius 1 is 1.15 bits per heavy atom. The van der Waals surface area contributed by atoms with Crippen molar-refractivity contribution in [1.82, 2.24) is 4.57 Å². The number of benzene rings is 2. The number of hydrogen-bond acceptors (Lipinski definition) is 4. The fourth-order valence-corrected chi connectivity index (χ4v) is 3.82. The summed E-state index contributed by atoms with van der Waals surface area (Å²) < 4.78 is 13.5. The average molecular weight is 411 g/mol. The molecule has 8 heteroatoms. The van der Waals surface area contributed by atoms with Gasteiger partial charge in [-0.05, 0) is 42.5 Å². The molecule has 26 heavy (non-hydrogen) atoms. The van der Waals surface area contributed by atoms with E-state index >= 15 is 0 Å². The number of fused-ring (bicyclic) bond motifs is 1. The molecule has 0 saturated carbocycles. The van der Waals surface area contributed by atoms with Crippen molar-refractivity contribution in [2.75, 3.05) is 20.3 Å². The zero-order chi connectivity index (χ0) is 18.5. The van der Waals surface area contributed by atoms with Gasteiger partial charge in [0.25, 0.3) is 5.91 Å². The van der Waals surface area contributed by atoms with E-state index in [1.165, 1.54) is 11.3 Å². The number of methoxy groups -OCH3 is 1. The van der Waals surface area contributed by atoms with Gasteiger partial charge in [-0.1, -0.05) is 34.5 Å². The van der Waals surface area contributed by atoms with Crippen molar-refractivity contribution in [3.05, 3.63) is 57.3 Å². The van der Waals surface area contributed by atoms with Gasteiger partial charge in [-0.25, -0.2) is 0 Å². The van der Waals surface area contributed by atoms with E-state index in [0.717, 1.165) is 10.2 Å². The van der Waals surface area contributed by atoms with Crippen molar-refractivity contribution in [3.63, 3.8) is 0 Å². The van der Waals surface area contributed by atoms with E-state index < -0.39 is 0 Å². The molecule has 0 bridgehead atoms. The maximum Gasteiger partial charge on any atom is 0.286 e. The summed E-state index contributed by atoms with van der Waals surface area (Å²) >= 11 is 13.3. The SMILES string of the molecule is COCCn1c(=NC(=O)COc2ccc(Cl)cc2)sc2cc(Cl)ccc21. The topological polar surface area (TPSA) is 52.8 Å². The Morgan fingerprint density at radius 3 is 2.62 bits per heavy atom. The third kappa shape index (κ3) is 4.65. The first-order valence-electron chi connectivity index (χ1n) is 7.80. The van der Waals surface area contributed by atoms with Crippen molar-refractivity contribution >= 4 is 50.7 Å². The van der Waals surface area contributed by atoms with Gasteiger partial charge < -0.3 is 14.0 Å². The van der Waals surface area contributed by atoms with Crippen molar-refractivity contribution in [1.29, 1.82) is 0 Å². The Bertz CT molecular complexity index is 980. The molecule has 0 spiro atoms. The fourth-order valence-electron chi connectivity index (χ4n) is 2.35. The third-order valence-corrected chi connectivity index (χ3v) is 5.09. The van der Waals surface area contributed by atoms with Crippen molar-refractivity contribution < 1.29 is 14.3 Å². The summed E-state index contributed by atoms with van der Waals surface area (Å²) in [7, 11) is 1.63. The Kier molecular flexibility index (Phi) is 6.32. The van der Waals surface area contributed by atoms with Crippen LogP contribution in [0.1, 0.15) is 0 Å². The van der Waals surface area contributed by atoms with Crippen LogP contribution in [0, 0.1) is 0 Å². The summed E-state index contributed by atoms with van der Waals surface area (Å²) in [6, 6.07) is 12.4. The number of thiazole rings is 1. The number of nitrogens with zero attached hydrogens (tertiary/aromatic N) is 2. The summed E-state index contributed by atoms with van der Waals surface area (Å²) in [5.41, 5.74) is 0.960. The van der Waals surface area contributed by atoms with Gasteiger partial charge in [-0.15, -0.1) is 0 Å². The van der Waals surface area contributed by atoms with E-state index in [2.05, 4.69) is 4.99 Å². The number of rotatable bonds is 6. The molecule has 2 aromatic carbocycles. The Morgan fingerprint density at radius 2 is 1.88 bits per heavy atom. The van der Waals surface area contributed by atoms with E-state index in [9.17, 15) is 4.79 Å². The van der Waals surface area contributed by atoms with Crippen LogP contribution in [0.2, 0.25) is 10.0 Å². The van der Waals surface area contributed by atoms with Crippen LogP contribution < -0.4 is 9.54 Å². The highest BCUT2D eigenvalue weighted by Gasteiger charge is 2.09. The quantitative estimate of drug-likeness (QED) is 0.612. The Hall–Kier alpha value is -1.86. The monoisotopic (exact) mass is 410 g/mol. The van der Waals surface area contributed by atoms with Crippen molar-refractivity contribution in [2.45, 2.75) is 6.54 Å². The molecule has 0 fully saturated rings. The second-order valence-electron chi connectivity index (χ2n) is 5.39. The van der Waals surface area contributed by atoms with Crippen molar-refractivity contribution in [2.24, 2.45) is 4.99 Å². The third-order valence-electron chi connectivity index (χ3n) is 3.56. The van der Waals surface area contributed by atoms with Crippen LogP contribution >= 0.6 is 34.5 Å². The number of carbonyl (C=O) groups is 1. The minimum absolute atomic E-state index is 0.152. The molecule has 136 valence electrons. The maximum absolute atomic E-state index is 12.2. The highest BCUT2D eigenvalue weighted by atomic mass is 35.5. The first-order chi connectivity index (χ1) is 12.6. The number of amides is 1. The molecule has 3 rings (SSSR count). The Labute approximate surface area is 164 Å². The maximum atomic E-state index is 12.2. The molecule has 5 nitrogen and oxygen atoms in total. The van der Waals surface area contributed by atoms with E-state index in [-0.39, 0.29) is 12.5 Å². The largest absolute Gasteiger partial charge is 0.484 e. The van der Waals surface area contributed by atoms with Crippen LogP contribution in [0.5, 0.6) is 5.75 Å². The molecule has 0 aliphatic rings. The minimum atomic E-state index is -0.372. The summed E-state index contributed by atoms with van der Waals surface area (Å²) in [6.07, 6.45) is 0. The second kappa shape index (κ2) is 8.68. The molecule has 0 N–H and O–H groups in total. The normalized spacial score (nSPS) is 11.9. The molecule has 1 aromatic heterocycles. The number of aromatic nitrogens is 1. The average Bonchev–Trinajstić information content (AvgIpc) is 2.95. The second-order valence-corrected chi connectivity index (χ2v) is 7.27. The summed E-state index contributed by atoms with van der Waals surface area (Å²) in [5.74, 6) is 0.192. The first kappa shape index (κ1) is 18.9. The van der Waals surface area contributed by atoms with Gasteiger partial charge in [0.05, 0.1) is 16.8 Å². The predicted molar refractivity (Wildman–Crippen MR) is 104 cm³/mol. The van der Waals surface area contributed by atoms with Gasteiger partial charge in [0, 0.05) is 23.7 Å². The van der Waals surface area contributed by atoms with E-state index in [0.29, 0.717) is 33.7 Å². The van der Waals surface area contributed by atoms with Gasteiger partial charge in [-0.3, -0.25) is 4.79 Å². The lowest BCUT2D eigenvalue weighted by atomic mass is 10.3. The molecule has 0 saturated heterocycles. The molecule has 0 radical (unpaired) electrons. The van der Waals surface area contributed by atoms with Gasteiger partial charge >= 0.3 is 0 Å². The van der Waals surface area contributed by atoms with Crippen LogP contribution in [0.25, 0.3) is 10.2 Å². The van der Waals surface area contributed by atoms with Gasteiger partial charge in [0.2, 0.25) is 0 Å². The van der Waals surface area contributed by atoms with Gasteiger partial charge in [0.15, 0.2) is 11.4 Å². The van der Waals surface area contributed by atoms with E-state index in [4.69, 9.17) is 32.7 Å². The van der Waals surface area contributed by atoms with Crippen LogP contribution in [-0.2, 0) is 16.1 Å². The van der Waals surface area contributed by atoms with Crippen LogP contribution in [0.4, 0.5) is 0 Å². The first-order valence-corrected chi connectivity index (χ1v) is 9.38. The zero-order valence-corrected chi connectivity index (χ0v) is 16.3. The Balaban J connectivity index is 1.84. The summed E-state index contributed by atoms with van der Waals surface area (Å²) in [4.78, 5) is 17.0. The molecule has 0 atom stereocenters. The number of ether oxygens (including phenoxy) is 2. The van der Waals surface area contributed by atoms with E-state index in [1.54, 1.807) is 31.4 Å². The van der Waals surface area contributed by atoms with Gasteiger partial charge in [-0.2, -0.15) is 4.99 Å². The molecule has 0 aliphatic heterocycles. The van der Waals surface area contributed by atoms with E-state index in [1.807, 2.05) is 22.8 Å². The lowest BCUT2D eigenvalue weighted by Gasteiger charge is -2.05. The fraction of sp³-hybridized carbons (Fsp3) is 0.222. The van der Waals surface area contributed by atoms with Crippen LogP contribution in [-0.4, -0.2) is 30.8 Å². The lowest BCUT2D eigenvalue weighted by molar-refractivity contribution is -0.120. The van der Waals surface area contributed by atoms with Crippen molar-refractivity contribution in [3.8, 4) is 5.75 Å². The highest BCUT2D eigenvalue weighted by molar-refractivity contribution is 7.16. The molecular formula is C18H16Cl2N2O3S. The molecule has 3 aromatic rings. The zero-order valence-electron chi connectivity index (χ0n) is 13.9. The smallest absolute Gasteiger partial charge is 0.286 e. The molecular weight excluding hydrogens is 395 g/mol. The number of hydrogen-bond donors (Lipinski definition) is 0. The standard InChI is InChI=1S/C18H16Cl2N2O3S/c1-24-9-8-22-15-7-4-13(20)10-16(15)26-18(22)21-17(23)11-25-14-5-2-12(19)3-6-14/h2-7,10H,8-9,11H2,1H3. The number of carbonyl (C=O) groups excluding carboxylic acids is 1. The van der Waals surface area contributed by atoms with Gasteiger partial charge in [0.1, 0.15) is 5.75 Å². The highest BCUT2D eigenvalue weighted by Crippen LogP contribution is 2.22. The summed E-state index contributed by atoms with van der Waals surface area (Å²) in [6.45, 7) is 0.945. The summed E-state index contributed by atoms with van der Waals surface area (Å²) in [5, 5.41) is 1.25. The number of halogens is 2. The molecule has 1 amide bonds. The molecule has 1 heterocycles. The van der Waals surface area contributed by atoms with Crippen LogP contribution in [0.3, 0.4) is 0 Å².